The smallest absolute Gasteiger partial charge is 0.328 e. The van der Waals surface area contributed by atoms with Crippen LogP contribution in [0, 0.1) is 11.3 Å². The van der Waals surface area contributed by atoms with Crippen LogP contribution in [0.4, 0.5) is 5.82 Å². The lowest BCUT2D eigenvalue weighted by atomic mass is 10.1. The minimum absolute atomic E-state index is 0.305. The average Bonchev–Trinajstić information content (AvgIpc) is 3.10. The third-order valence-electron chi connectivity index (χ3n) is 3.96. The van der Waals surface area contributed by atoms with Crippen molar-refractivity contribution in [2.24, 2.45) is 0 Å². The molecule has 23 heavy (non-hydrogen) atoms. The molecule has 2 aromatic rings. The summed E-state index contributed by atoms with van der Waals surface area (Å²) < 4.78 is 4.84. The molecule has 0 bridgehead atoms. The standard InChI is InChI=1S/C17H16N4O2/c1-23-17(22)15-8-5-9-21(15)16-13(11-18)10-14(19-20-16)12-6-3-2-4-7-12/h2-4,6-7,10,15H,5,8-9H2,1H3/t15-/m0/s1. The molecule has 0 aliphatic carbocycles. The van der Waals surface area contributed by atoms with Crippen LogP contribution in [0.15, 0.2) is 36.4 Å². The third-order valence-corrected chi connectivity index (χ3v) is 3.96. The van der Waals surface area contributed by atoms with Crippen molar-refractivity contribution in [1.29, 1.82) is 5.26 Å². The number of hydrogen-bond acceptors (Lipinski definition) is 6. The van der Waals surface area contributed by atoms with E-state index in [4.69, 9.17) is 4.74 Å². The molecule has 2 heterocycles. The van der Waals surface area contributed by atoms with E-state index in [1.807, 2.05) is 35.2 Å². The lowest BCUT2D eigenvalue weighted by Crippen LogP contribution is -2.38. The predicted molar refractivity (Wildman–Crippen MR) is 84.6 cm³/mol. The molecule has 6 nitrogen and oxygen atoms in total. The van der Waals surface area contributed by atoms with Gasteiger partial charge in [0, 0.05) is 12.1 Å². The second-order valence-corrected chi connectivity index (χ2v) is 5.32. The quantitative estimate of drug-likeness (QED) is 0.808. The van der Waals surface area contributed by atoms with Gasteiger partial charge in [0.25, 0.3) is 0 Å². The number of esters is 1. The highest BCUT2D eigenvalue weighted by Crippen LogP contribution is 2.28. The van der Waals surface area contributed by atoms with Gasteiger partial charge >= 0.3 is 5.97 Å². The van der Waals surface area contributed by atoms with Crippen molar-refractivity contribution in [3.63, 3.8) is 0 Å². The van der Waals surface area contributed by atoms with Gasteiger partial charge in [0.15, 0.2) is 5.82 Å². The lowest BCUT2D eigenvalue weighted by molar-refractivity contribution is -0.141. The Morgan fingerprint density at radius 2 is 2.13 bits per heavy atom. The maximum atomic E-state index is 11.9. The molecule has 0 N–H and O–H groups in total. The van der Waals surface area contributed by atoms with Crippen molar-refractivity contribution in [1.82, 2.24) is 10.2 Å². The summed E-state index contributed by atoms with van der Waals surface area (Å²) in [6, 6.07) is 13.0. The number of aromatic nitrogens is 2. The number of rotatable bonds is 3. The second-order valence-electron chi connectivity index (χ2n) is 5.32. The van der Waals surface area contributed by atoms with Gasteiger partial charge in [-0.2, -0.15) is 5.26 Å². The van der Waals surface area contributed by atoms with E-state index in [9.17, 15) is 10.1 Å². The zero-order valence-electron chi connectivity index (χ0n) is 12.8. The summed E-state index contributed by atoms with van der Waals surface area (Å²) >= 11 is 0. The van der Waals surface area contributed by atoms with Gasteiger partial charge in [-0.25, -0.2) is 4.79 Å². The van der Waals surface area contributed by atoms with Crippen molar-refractivity contribution in [2.45, 2.75) is 18.9 Å². The van der Waals surface area contributed by atoms with Gasteiger partial charge in [0.2, 0.25) is 0 Å². The molecule has 0 radical (unpaired) electrons. The SMILES string of the molecule is COC(=O)[C@@H]1CCCN1c1nnc(-c2ccccc2)cc1C#N. The van der Waals surface area contributed by atoms with Crippen LogP contribution in [0.5, 0.6) is 0 Å². The second kappa shape index (κ2) is 6.44. The number of nitrogens with zero attached hydrogens (tertiary/aromatic N) is 4. The van der Waals surface area contributed by atoms with Gasteiger partial charge in [-0.05, 0) is 18.9 Å². The first-order chi connectivity index (χ1) is 11.2. The van der Waals surface area contributed by atoms with Crippen LogP contribution in [0.2, 0.25) is 0 Å². The highest BCUT2D eigenvalue weighted by atomic mass is 16.5. The molecule has 1 aliphatic rings. The van der Waals surface area contributed by atoms with Crippen LogP contribution < -0.4 is 4.90 Å². The fourth-order valence-electron chi connectivity index (χ4n) is 2.83. The molecule has 1 aliphatic heterocycles. The molecule has 1 saturated heterocycles. The molecule has 0 spiro atoms. The molecule has 3 rings (SSSR count). The van der Waals surface area contributed by atoms with Gasteiger partial charge in [0.1, 0.15) is 12.1 Å². The number of methoxy groups -OCH3 is 1. The van der Waals surface area contributed by atoms with Crippen molar-refractivity contribution in [2.75, 3.05) is 18.6 Å². The Morgan fingerprint density at radius 1 is 1.35 bits per heavy atom. The maximum absolute atomic E-state index is 11.9. The highest BCUT2D eigenvalue weighted by molar-refractivity contribution is 5.81. The Labute approximate surface area is 134 Å². The molecule has 0 saturated carbocycles. The summed E-state index contributed by atoms with van der Waals surface area (Å²) in [5.74, 6) is 0.139. The first-order valence-corrected chi connectivity index (χ1v) is 7.42. The van der Waals surface area contributed by atoms with E-state index < -0.39 is 6.04 Å². The minimum Gasteiger partial charge on any atom is -0.467 e. The Hall–Kier alpha value is -2.94. The zero-order chi connectivity index (χ0) is 16.2. The van der Waals surface area contributed by atoms with Crippen LogP contribution in [0.3, 0.4) is 0 Å². The molecule has 6 heteroatoms. The summed E-state index contributed by atoms with van der Waals surface area (Å²) in [7, 11) is 1.37. The maximum Gasteiger partial charge on any atom is 0.328 e. The van der Waals surface area contributed by atoms with E-state index in [-0.39, 0.29) is 5.97 Å². The topological polar surface area (TPSA) is 79.1 Å². The lowest BCUT2D eigenvalue weighted by Gasteiger charge is -2.24. The zero-order valence-corrected chi connectivity index (χ0v) is 12.8. The molecule has 1 aromatic heterocycles. The Bertz CT molecular complexity index is 755. The minimum atomic E-state index is -0.399. The van der Waals surface area contributed by atoms with Gasteiger partial charge < -0.3 is 9.64 Å². The molecule has 116 valence electrons. The monoisotopic (exact) mass is 308 g/mol. The summed E-state index contributed by atoms with van der Waals surface area (Å²) in [6.45, 7) is 0.661. The number of carbonyl (C=O) groups is 1. The summed E-state index contributed by atoms with van der Waals surface area (Å²) in [5, 5.41) is 17.9. The normalized spacial score (nSPS) is 16.9. The van der Waals surface area contributed by atoms with E-state index in [1.54, 1.807) is 6.07 Å². The van der Waals surface area contributed by atoms with Crippen LogP contribution >= 0.6 is 0 Å². The van der Waals surface area contributed by atoms with Gasteiger partial charge in [-0.15, -0.1) is 10.2 Å². The summed E-state index contributed by atoms with van der Waals surface area (Å²) in [6.07, 6.45) is 1.55. The third kappa shape index (κ3) is 2.86. The van der Waals surface area contributed by atoms with E-state index in [0.717, 1.165) is 12.0 Å². The van der Waals surface area contributed by atoms with Crippen LogP contribution in [0.25, 0.3) is 11.3 Å². The number of nitriles is 1. The van der Waals surface area contributed by atoms with E-state index in [1.165, 1.54) is 7.11 Å². The predicted octanol–water partition coefficient (Wildman–Crippen LogP) is 2.16. The van der Waals surface area contributed by atoms with Crippen LogP contribution in [-0.4, -0.2) is 35.9 Å². The first kappa shape index (κ1) is 15.0. The first-order valence-electron chi connectivity index (χ1n) is 7.42. The number of carbonyl (C=O) groups excluding carboxylic acids is 1. The van der Waals surface area contributed by atoms with Crippen LogP contribution in [-0.2, 0) is 9.53 Å². The van der Waals surface area contributed by atoms with Crippen molar-refractivity contribution in [3.05, 3.63) is 42.0 Å². The molecule has 1 aromatic carbocycles. The van der Waals surface area contributed by atoms with Gasteiger partial charge in [0.05, 0.1) is 18.4 Å². The molecular formula is C17H16N4O2. The van der Waals surface area contributed by atoms with Crippen molar-refractivity contribution in [3.8, 4) is 17.3 Å². The van der Waals surface area contributed by atoms with E-state index in [0.29, 0.717) is 30.0 Å². The fraction of sp³-hybridized carbons (Fsp3) is 0.294. The fourth-order valence-corrected chi connectivity index (χ4v) is 2.83. The van der Waals surface area contributed by atoms with Crippen molar-refractivity contribution < 1.29 is 9.53 Å². The Morgan fingerprint density at radius 3 is 2.83 bits per heavy atom. The largest absolute Gasteiger partial charge is 0.467 e. The molecule has 0 amide bonds. The van der Waals surface area contributed by atoms with Crippen molar-refractivity contribution >= 4 is 11.8 Å². The highest BCUT2D eigenvalue weighted by Gasteiger charge is 2.34. The Kier molecular flexibility index (Phi) is 4.20. The van der Waals surface area contributed by atoms with Gasteiger partial charge in [-0.1, -0.05) is 30.3 Å². The van der Waals surface area contributed by atoms with Gasteiger partial charge in [-0.3, -0.25) is 0 Å². The molecule has 0 unspecified atom stereocenters. The number of ether oxygens (including phenoxy) is 1. The number of hydrogen-bond donors (Lipinski definition) is 0. The average molecular weight is 308 g/mol. The van der Waals surface area contributed by atoms with E-state index >= 15 is 0 Å². The van der Waals surface area contributed by atoms with Crippen LogP contribution in [0.1, 0.15) is 18.4 Å². The molecule has 1 fully saturated rings. The molecule has 1 atom stereocenters. The number of anilines is 1. The van der Waals surface area contributed by atoms with E-state index in [2.05, 4.69) is 16.3 Å². The summed E-state index contributed by atoms with van der Waals surface area (Å²) in [4.78, 5) is 13.7. The number of benzene rings is 1. The Balaban J connectivity index is 1.98. The molecular weight excluding hydrogens is 292 g/mol. The summed E-state index contributed by atoms with van der Waals surface area (Å²) in [5.41, 5.74) is 1.95.